The van der Waals surface area contributed by atoms with Gasteiger partial charge in [-0.25, -0.2) is 0 Å². The summed E-state index contributed by atoms with van der Waals surface area (Å²) in [5, 5.41) is 0. The first-order chi connectivity index (χ1) is 5.13. The number of carbonyl (C=O) groups is 1. The van der Waals surface area contributed by atoms with Gasteiger partial charge in [0.2, 0.25) is 12.2 Å². The second-order valence-electron chi connectivity index (χ2n) is 2.22. The molecule has 0 heterocycles. The topological polar surface area (TPSA) is 37.4 Å². The van der Waals surface area contributed by atoms with Crippen molar-refractivity contribution in [2.75, 3.05) is 19.1 Å². The molecule has 1 radical (unpaired) electrons. The predicted molar refractivity (Wildman–Crippen MR) is 46.3 cm³/mol. The number of carbonyl (C=O) groups excluding carboxylic acids is 2. The van der Waals surface area contributed by atoms with Crippen LogP contribution in [0.4, 0.5) is 0 Å². The maximum atomic E-state index is 10.8. The molecule has 0 N–H and O–H groups in total. The highest BCUT2D eigenvalue weighted by molar-refractivity contribution is 7.98. The number of thioether (sulfide) groups is 1. The zero-order chi connectivity index (χ0) is 8.85. The second kappa shape index (κ2) is 5.18. The van der Waals surface area contributed by atoms with Crippen LogP contribution in [0.2, 0.25) is 0 Å². The second-order valence-corrected chi connectivity index (χ2v) is 3.13. The third kappa shape index (κ3) is 3.41. The molecule has 63 valence electrons. The molecule has 3 nitrogen and oxygen atoms in total. The highest BCUT2D eigenvalue weighted by Crippen LogP contribution is 2.01. The SMILES string of the molecule is CSCC([C]=O)N(C)C(C)=O. The maximum absolute atomic E-state index is 10.8. The van der Waals surface area contributed by atoms with E-state index in [4.69, 9.17) is 0 Å². The number of nitrogens with zero attached hydrogens (tertiary/aromatic N) is 1. The Bertz CT molecular complexity index is 149. The van der Waals surface area contributed by atoms with Crippen molar-refractivity contribution in [2.45, 2.75) is 13.0 Å². The van der Waals surface area contributed by atoms with Gasteiger partial charge in [-0.3, -0.25) is 9.59 Å². The quantitative estimate of drug-likeness (QED) is 0.615. The fourth-order valence-electron chi connectivity index (χ4n) is 0.602. The number of hydrogen-bond acceptors (Lipinski definition) is 3. The summed E-state index contributed by atoms with van der Waals surface area (Å²) in [7, 11) is 1.61. The summed E-state index contributed by atoms with van der Waals surface area (Å²) in [6.45, 7) is 1.44. The highest BCUT2D eigenvalue weighted by Gasteiger charge is 2.15. The summed E-state index contributed by atoms with van der Waals surface area (Å²) in [5.74, 6) is 0.506. The van der Waals surface area contributed by atoms with Gasteiger partial charge < -0.3 is 4.90 Å². The van der Waals surface area contributed by atoms with Gasteiger partial charge in [-0.1, -0.05) is 0 Å². The molecule has 0 aliphatic rings. The molecule has 1 unspecified atom stereocenters. The van der Waals surface area contributed by atoms with Crippen molar-refractivity contribution in [3.8, 4) is 0 Å². The van der Waals surface area contributed by atoms with E-state index >= 15 is 0 Å². The van der Waals surface area contributed by atoms with Crippen molar-refractivity contribution in [2.24, 2.45) is 0 Å². The minimum atomic E-state index is -0.400. The molecule has 0 saturated carbocycles. The molecule has 0 spiro atoms. The van der Waals surface area contributed by atoms with Gasteiger partial charge in [-0.2, -0.15) is 11.8 Å². The molecule has 1 amide bonds. The van der Waals surface area contributed by atoms with Crippen LogP contribution in [0.1, 0.15) is 6.92 Å². The molecule has 0 aromatic heterocycles. The molecular formula is C7H12NO2S. The summed E-state index contributed by atoms with van der Waals surface area (Å²) in [6.07, 6.45) is 3.71. The van der Waals surface area contributed by atoms with Crippen molar-refractivity contribution in [1.29, 1.82) is 0 Å². The van der Waals surface area contributed by atoms with Crippen LogP contribution in [0, 0.1) is 0 Å². The van der Waals surface area contributed by atoms with E-state index in [1.54, 1.807) is 7.05 Å². The Morgan fingerprint density at radius 3 is 2.55 bits per heavy atom. The lowest BCUT2D eigenvalue weighted by atomic mass is 10.3. The molecule has 0 aliphatic carbocycles. The van der Waals surface area contributed by atoms with Crippen molar-refractivity contribution < 1.29 is 9.59 Å². The lowest BCUT2D eigenvalue weighted by molar-refractivity contribution is -0.128. The summed E-state index contributed by atoms with van der Waals surface area (Å²) in [6, 6.07) is -0.400. The summed E-state index contributed by atoms with van der Waals surface area (Å²) < 4.78 is 0. The minimum absolute atomic E-state index is 0.104. The molecule has 1 atom stereocenters. The smallest absolute Gasteiger partial charge is 0.223 e. The third-order valence-corrected chi connectivity index (χ3v) is 2.07. The van der Waals surface area contributed by atoms with Crippen molar-refractivity contribution in [3.63, 3.8) is 0 Å². The molecule has 11 heavy (non-hydrogen) atoms. The van der Waals surface area contributed by atoms with Gasteiger partial charge in [0.1, 0.15) is 6.04 Å². The molecule has 0 bridgehead atoms. The zero-order valence-corrected chi connectivity index (χ0v) is 7.77. The number of likely N-dealkylation sites (N-methyl/N-ethyl adjacent to an activating group) is 1. The fraction of sp³-hybridized carbons (Fsp3) is 0.714. The highest BCUT2D eigenvalue weighted by atomic mass is 32.2. The van der Waals surface area contributed by atoms with Gasteiger partial charge in [-0.15, -0.1) is 0 Å². The molecule has 0 aromatic carbocycles. The lowest BCUT2D eigenvalue weighted by Crippen LogP contribution is -2.38. The van der Waals surface area contributed by atoms with E-state index in [0.29, 0.717) is 5.75 Å². The molecule has 0 saturated heterocycles. The average Bonchev–Trinajstić information content (AvgIpc) is 1.98. The van der Waals surface area contributed by atoms with Gasteiger partial charge in [0.15, 0.2) is 0 Å². The van der Waals surface area contributed by atoms with Gasteiger partial charge in [0, 0.05) is 19.7 Å². The minimum Gasteiger partial charge on any atom is -0.335 e. The van der Waals surface area contributed by atoms with E-state index in [9.17, 15) is 9.59 Å². The van der Waals surface area contributed by atoms with E-state index < -0.39 is 6.04 Å². The molecule has 0 aliphatic heterocycles. The van der Waals surface area contributed by atoms with Gasteiger partial charge in [-0.05, 0) is 6.26 Å². The van der Waals surface area contributed by atoms with E-state index in [1.165, 1.54) is 23.6 Å². The van der Waals surface area contributed by atoms with Crippen LogP contribution in [0.25, 0.3) is 0 Å². The van der Waals surface area contributed by atoms with Gasteiger partial charge >= 0.3 is 0 Å². The molecule has 0 aromatic rings. The van der Waals surface area contributed by atoms with Crippen LogP contribution < -0.4 is 0 Å². The van der Waals surface area contributed by atoms with Gasteiger partial charge in [0.05, 0.1) is 0 Å². The molecular weight excluding hydrogens is 162 g/mol. The van der Waals surface area contributed by atoms with Crippen molar-refractivity contribution >= 4 is 24.0 Å². The third-order valence-electron chi connectivity index (χ3n) is 1.42. The van der Waals surface area contributed by atoms with Crippen LogP contribution >= 0.6 is 11.8 Å². The first kappa shape index (κ1) is 10.5. The Hall–Kier alpha value is -0.510. The van der Waals surface area contributed by atoms with Crippen molar-refractivity contribution in [3.05, 3.63) is 0 Å². The Balaban J connectivity index is 4.01. The van der Waals surface area contributed by atoms with Crippen molar-refractivity contribution in [1.82, 2.24) is 4.90 Å². The first-order valence-electron chi connectivity index (χ1n) is 3.23. The first-order valence-corrected chi connectivity index (χ1v) is 4.62. The molecule has 0 rings (SSSR count). The van der Waals surface area contributed by atoms with Crippen LogP contribution in [0.5, 0.6) is 0 Å². The Kier molecular flexibility index (Phi) is 4.94. The predicted octanol–water partition coefficient (Wildman–Crippen LogP) is 0.306. The van der Waals surface area contributed by atoms with Crippen LogP contribution in [-0.4, -0.2) is 42.2 Å². The average molecular weight is 174 g/mol. The Labute approximate surface area is 71.1 Å². The van der Waals surface area contributed by atoms with E-state index in [-0.39, 0.29) is 5.91 Å². The number of hydrogen-bond donors (Lipinski definition) is 0. The normalized spacial score (nSPS) is 12.3. The number of rotatable bonds is 4. The van der Waals surface area contributed by atoms with Crippen LogP contribution in [0.15, 0.2) is 0 Å². The maximum Gasteiger partial charge on any atom is 0.223 e. The zero-order valence-electron chi connectivity index (χ0n) is 6.96. The fourth-order valence-corrected chi connectivity index (χ4v) is 1.21. The summed E-state index contributed by atoms with van der Waals surface area (Å²) >= 11 is 1.52. The van der Waals surface area contributed by atoms with Crippen LogP contribution in [-0.2, 0) is 9.59 Å². The largest absolute Gasteiger partial charge is 0.335 e. The summed E-state index contributed by atoms with van der Waals surface area (Å²) in [5.41, 5.74) is 0. The molecule has 0 fully saturated rings. The van der Waals surface area contributed by atoms with E-state index in [1.807, 2.05) is 12.5 Å². The Morgan fingerprint density at radius 1 is 1.73 bits per heavy atom. The standard InChI is InChI=1S/C7H12NO2S/c1-6(10)8(2)7(4-9)5-11-3/h7H,5H2,1-3H3. The summed E-state index contributed by atoms with van der Waals surface area (Å²) in [4.78, 5) is 22.5. The molecule has 4 heteroatoms. The Morgan fingerprint density at radius 2 is 2.27 bits per heavy atom. The van der Waals surface area contributed by atoms with Gasteiger partial charge in [0.25, 0.3) is 0 Å². The lowest BCUT2D eigenvalue weighted by Gasteiger charge is -2.20. The monoisotopic (exact) mass is 174 g/mol. The number of amides is 1. The van der Waals surface area contributed by atoms with E-state index in [0.717, 1.165) is 0 Å². The van der Waals surface area contributed by atoms with E-state index in [2.05, 4.69) is 0 Å². The van der Waals surface area contributed by atoms with Crippen LogP contribution in [0.3, 0.4) is 0 Å².